The van der Waals surface area contributed by atoms with Crippen LogP contribution in [0.4, 0.5) is 0 Å². The van der Waals surface area contributed by atoms with Crippen LogP contribution in [0.25, 0.3) is 0 Å². The molecule has 0 aromatic heterocycles. The van der Waals surface area contributed by atoms with Gasteiger partial charge in [-0.15, -0.1) is 0 Å². The van der Waals surface area contributed by atoms with Crippen LogP contribution in [0.3, 0.4) is 0 Å². The molecule has 1 N–H and O–H groups in total. The van der Waals surface area contributed by atoms with Gasteiger partial charge in [-0.25, -0.2) is 0 Å². The van der Waals surface area contributed by atoms with Crippen molar-refractivity contribution in [2.24, 2.45) is 5.92 Å². The molecule has 1 aliphatic heterocycles. The van der Waals surface area contributed by atoms with Gasteiger partial charge in [0, 0.05) is 5.92 Å². The van der Waals surface area contributed by atoms with Gasteiger partial charge in [-0.1, -0.05) is 6.42 Å². The second-order valence-corrected chi connectivity index (χ2v) is 4.87. The van der Waals surface area contributed by atoms with Crippen molar-refractivity contribution in [1.29, 1.82) is 0 Å². The number of nitrogens with one attached hydrogen (secondary N) is 1. The number of quaternary nitrogens is 1. The van der Waals surface area contributed by atoms with Crippen LogP contribution in [0.5, 0.6) is 0 Å². The van der Waals surface area contributed by atoms with E-state index in [2.05, 4.69) is 14.0 Å². The zero-order chi connectivity index (χ0) is 8.55. The summed E-state index contributed by atoms with van der Waals surface area (Å²) < 4.78 is 0. The van der Waals surface area contributed by atoms with Gasteiger partial charge < -0.3 is 4.90 Å². The van der Waals surface area contributed by atoms with Gasteiger partial charge in [0.2, 0.25) is 0 Å². The molecule has 12 heavy (non-hydrogen) atoms. The van der Waals surface area contributed by atoms with Gasteiger partial charge in [0.1, 0.15) is 0 Å². The summed E-state index contributed by atoms with van der Waals surface area (Å²) in [7, 11) is 2.41. The average molecular weight is 168 g/mol. The average Bonchev–Trinajstić information content (AvgIpc) is 2.12. The highest BCUT2D eigenvalue weighted by molar-refractivity contribution is 4.78. The van der Waals surface area contributed by atoms with Crippen LogP contribution in [-0.2, 0) is 0 Å². The number of hydrogen-bond acceptors (Lipinski definition) is 0. The molecular weight excluding hydrogens is 146 g/mol. The number of piperidine rings is 1. The summed E-state index contributed by atoms with van der Waals surface area (Å²) in [5.41, 5.74) is 0. The molecule has 4 atom stereocenters. The Morgan fingerprint density at radius 3 is 2.58 bits per heavy atom. The lowest BCUT2D eigenvalue weighted by molar-refractivity contribution is -0.940. The number of rotatable bonds is 0. The van der Waals surface area contributed by atoms with E-state index in [-0.39, 0.29) is 0 Å². The molecule has 0 spiro atoms. The number of hydrogen-bond donors (Lipinski definition) is 1. The summed E-state index contributed by atoms with van der Waals surface area (Å²) in [5, 5.41) is 0. The minimum absolute atomic E-state index is 0.921. The molecule has 0 amide bonds. The third kappa shape index (κ3) is 1.39. The van der Waals surface area contributed by atoms with Crippen molar-refractivity contribution < 1.29 is 4.90 Å². The van der Waals surface area contributed by atoms with Gasteiger partial charge in [-0.3, -0.25) is 0 Å². The Morgan fingerprint density at radius 2 is 1.75 bits per heavy atom. The summed E-state index contributed by atoms with van der Waals surface area (Å²) >= 11 is 0. The zero-order valence-corrected chi connectivity index (χ0v) is 8.47. The van der Waals surface area contributed by atoms with E-state index in [1.807, 2.05) is 4.90 Å². The molecule has 1 saturated carbocycles. The van der Waals surface area contributed by atoms with E-state index in [4.69, 9.17) is 0 Å². The standard InChI is InChI=1S/C11H21N/c1-9-7-8-10-5-3-4-6-11(10)12(9)2/h9-11H,3-8H2,1-2H3/p+1/t9-,10-,11+/m1/s1. The highest BCUT2D eigenvalue weighted by atomic mass is 15.2. The van der Waals surface area contributed by atoms with Crippen LogP contribution in [0, 0.1) is 5.92 Å². The molecule has 1 heterocycles. The predicted molar refractivity (Wildman–Crippen MR) is 51.3 cm³/mol. The van der Waals surface area contributed by atoms with Crippen molar-refractivity contribution in [3.63, 3.8) is 0 Å². The Labute approximate surface area is 76.1 Å². The highest BCUT2D eigenvalue weighted by Gasteiger charge is 2.37. The zero-order valence-electron chi connectivity index (χ0n) is 8.47. The molecule has 0 radical (unpaired) electrons. The van der Waals surface area contributed by atoms with Crippen LogP contribution in [-0.4, -0.2) is 19.1 Å². The van der Waals surface area contributed by atoms with E-state index < -0.39 is 0 Å². The molecule has 1 unspecified atom stereocenters. The van der Waals surface area contributed by atoms with E-state index in [0.29, 0.717) is 0 Å². The molecule has 1 nitrogen and oxygen atoms in total. The smallest absolute Gasteiger partial charge is 0.0903 e. The first-order valence-electron chi connectivity index (χ1n) is 5.62. The summed E-state index contributed by atoms with van der Waals surface area (Å²) in [5.74, 6) is 1.08. The van der Waals surface area contributed by atoms with Gasteiger partial charge in [-0.2, -0.15) is 0 Å². The van der Waals surface area contributed by atoms with Crippen LogP contribution in [0.2, 0.25) is 0 Å². The molecule has 70 valence electrons. The van der Waals surface area contributed by atoms with Gasteiger partial charge in [0.05, 0.1) is 19.1 Å². The van der Waals surface area contributed by atoms with Gasteiger partial charge in [0.25, 0.3) is 0 Å². The first kappa shape index (κ1) is 8.55. The highest BCUT2D eigenvalue weighted by Crippen LogP contribution is 2.29. The number of likely N-dealkylation sites (tertiary alicyclic amines) is 1. The first-order valence-corrected chi connectivity index (χ1v) is 5.62. The van der Waals surface area contributed by atoms with Gasteiger partial charge in [-0.05, 0) is 39.0 Å². The molecular formula is C11H22N+. The Balaban J connectivity index is 2.03. The SMILES string of the molecule is C[C@@H]1CC[C@H]2CCCC[C@@H]2[NH+]1C. The molecule has 0 bridgehead atoms. The fourth-order valence-corrected chi connectivity index (χ4v) is 3.21. The third-order valence-corrected chi connectivity index (χ3v) is 4.24. The fraction of sp³-hybridized carbons (Fsp3) is 1.00. The molecule has 1 aliphatic carbocycles. The summed E-state index contributed by atoms with van der Waals surface area (Å²) in [4.78, 5) is 1.82. The molecule has 2 aliphatic rings. The van der Waals surface area contributed by atoms with E-state index >= 15 is 0 Å². The van der Waals surface area contributed by atoms with E-state index in [9.17, 15) is 0 Å². The van der Waals surface area contributed by atoms with Crippen molar-refractivity contribution in [1.82, 2.24) is 0 Å². The van der Waals surface area contributed by atoms with Crippen LogP contribution in [0.1, 0.15) is 45.4 Å². The lowest BCUT2D eigenvalue weighted by Gasteiger charge is -2.42. The predicted octanol–water partition coefficient (Wildman–Crippen LogP) is 1.24. The van der Waals surface area contributed by atoms with Gasteiger partial charge in [0.15, 0.2) is 0 Å². The van der Waals surface area contributed by atoms with Crippen LogP contribution >= 0.6 is 0 Å². The maximum atomic E-state index is 2.42. The van der Waals surface area contributed by atoms with Crippen molar-refractivity contribution in [3.8, 4) is 0 Å². The third-order valence-electron chi connectivity index (χ3n) is 4.24. The molecule has 1 saturated heterocycles. The minimum Gasteiger partial charge on any atom is -0.333 e. The second-order valence-electron chi connectivity index (χ2n) is 4.87. The minimum atomic E-state index is 0.921. The van der Waals surface area contributed by atoms with Crippen LogP contribution < -0.4 is 4.90 Å². The fourth-order valence-electron chi connectivity index (χ4n) is 3.21. The topological polar surface area (TPSA) is 4.44 Å². The van der Waals surface area contributed by atoms with E-state index in [1.165, 1.54) is 38.5 Å². The van der Waals surface area contributed by atoms with Crippen molar-refractivity contribution in [2.75, 3.05) is 7.05 Å². The molecule has 2 rings (SSSR count). The van der Waals surface area contributed by atoms with Crippen molar-refractivity contribution in [2.45, 2.75) is 57.5 Å². The second kappa shape index (κ2) is 3.37. The summed E-state index contributed by atoms with van der Waals surface area (Å²) in [6, 6.07) is 1.94. The Morgan fingerprint density at radius 1 is 1.00 bits per heavy atom. The maximum Gasteiger partial charge on any atom is 0.0903 e. The van der Waals surface area contributed by atoms with Crippen molar-refractivity contribution >= 4 is 0 Å². The Hall–Kier alpha value is -0.0400. The monoisotopic (exact) mass is 168 g/mol. The van der Waals surface area contributed by atoms with E-state index in [0.717, 1.165) is 18.0 Å². The summed E-state index contributed by atoms with van der Waals surface area (Å²) in [6.07, 6.45) is 9.00. The molecule has 0 aromatic carbocycles. The Kier molecular flexibility index (Phi) is 2.40. The van der Waals surface area contributed by atoms with E-state index in [1.54, 1.807) is 0 Å². The van der Waals surface area contributed by atoms with Crippen molar-refractivity contribution in [3.05, 3.63) is 0 Å². The maximum absolute atomic E-state index is 2.42. The summed E-state index contributed by atoms with van der Waals surface area (Å²) in [6.45, 7) is 2.42. The lowest BCUT2D eigenvalue weighted by Crippen LogP contribution is -3.18. The normalized spacial score (nSPS) is 48.5. The van der Waals surface area contributed by atoms with Gasteiger partial charge >= 0.3 is 0 Å². The molecule has 1 heteroatoms. The lowest BCUT2D eigenvalue weighted by atomic mass is 9.77. The van der Waals surface area contributed by atoms with Crippen LogP contribution in [0.15, 0.2) is 0 Å². The molecule has 2 fully saturated rings. The first-order chi connectivity index (χ1) is 5.79. The number of fused-ring (bicyclic) bond motifs is 1. The molecule has 0 aromatic rings. The largest absolute Gasteiger partial charge is 0.333 e. The Bertz CT molecular complexity index is 153. The quantitative estimate of drug-likeness (QED) is 0.555.